The maximum absolute atomic E-state index is 14.0. The van der Waals surface area contributed by atoms with Gasteiger partial charge in [0.2, 0.25) is 0 Å². The lowest BCUT2D eigenvalue weighted by atomic mass is 10.0. The van der Waals surface area contributed by atoms with Crippen molar-refractivity contribution in [2.24, 2.45) is 0 Å². The number of carbonyl (C=O) groups is 1. The molecule has 2 aromatic carbocycles. The molecule has 0 atom stereocenters. The largest absolute Gasteiger partial charge is 0.341 e. The highest BCUT2D eigenvalue weighted by Crippen LogP contribution is 2.46. The Labute approximate surface area is 159 Å². The molecular weight excluding hydrogens is 369 g/mol. The summed E-state index contributed by atoms with van der Waals surface area (Å²) in [5.74, 6) is -1.03. The van der Waals surface area contributed by atoms with Crippen molar-refractivity contribution in [3.05, 3.63) is 93.1 Å². The van der Waals surface area contributed by atoms with Crippen LogP contribution in [0.3, 0.4) is 0 Å². The van der Waals surface area contributed by atoms with E-state index < -0.39 is 22.8 Å². The van der Waals surface area contributed by atoms with Crippen LogP contribution in [0.25, 0.3) is 5.69 Å². The van der Waals surface area contributed by atoms with Crippen LogP contribution in [0.15, 0.2) is 65.5 Å². The number of rotatable bonds is 4. The molecule has 1 N–H and O–H groups in total. The third-order valence-electron chi connectivity index (χ3n) is 4.59. The number of halogens is 2. The molecule has 136 valence electrons. The molecule has 0 aliphatic heterocycles. The summed E-state index contributed by atoms with van der Waals surface area (Å²) in [5.41, 5.74) is -0.0551. The van der Waals surface area contributed by atoms with Crippen LogP contribution in [-0.2, 0) is 5.54 Å². The highest BCUT2D eigenvalue weighted by atomic mass is 35.5. The van der Waals surface area contributed by atoms with E-state index in [1.165, 1.54) is 30.3 Å². The van der Waals surface area contributed by atoms with Crippen LogP contribution in [0.1, 0.15) is 28.9 Å². The molecule has 0 bridgehead atoms. The van der Waals surface area contributed by atoms with Crippen molar-refractivity contribution in [2.45, 2.75) is 18.4 Å². The summed E-state index contributed by atoms with van der Waals surface area (Å²) in [6.45, 7) is 0. The average molecular weight is 384 g/mol. The van der Waals surface area contributed by atoms with Gasteiger partial charge in [-0.05, 0) is 48.7 Å². The summed E-state index contributed by atoms with van der Waals surface area (Å²) in [5, 5.41) is 7.62. The van der Waals surface area contributed by atoms with Gasteiger partial charge < -0.3 is 5.32 Å². The first kappa shape index (κ1) is 17.4. The minimum absolute atomic E-state index is 0.00636. The van der Waals surface area contributed by atoms with Gasteiger partial charge in [0.1, 0.15) is 17.2 Å². The molecule has 0 saturated heterocycles. The van der Waals surface area contributed by atoms with E-state index in [1.54, 1.807) is 12.1 Å². The summed E-state index contributed by atoms with van der Waals surface area (Å²) in [6.07, 6.45) is 1.57. The second-order valence-corrected chi connectivity index (χ2v) is 6.90. The van der Waals surface area contributed by atoms with Gasteiger partial charge in [-0.15, -0.1) is 0 Å². The minimum atomic E-state index is -0.595. The van der Waals surface area contributed by atoms with Crippen LogP contribution in [0.5, 0.6) is 0 Å². The quantitative estimate of drug-likeness (QED) is 0.750. The van der Waals surface area contributed by atoms with Crippen molar-refractivity contribution < 1.29 is 9.18 Å². The van der Waals surface area contributed by atoms with Gasteiger partial charge in [-0.2, -0.15) is 9.78 Å². The summed E-state index contributed by atoms with van der Waals surface area (Å²) in [6, 6.07) is 15.6. The summed E-state index contributed by atoms with van der Waals surface area (Å²) in [7, 11) is 0. The molecule has 0 unspecified atom stereocenters. The number of aromatic nitrogens is 2. The maximum atomic E-state index is 14.0. The van der Waals surface area contributed by atoms with E-state index in [0.717, 1.165) is 23.1 Å². The zero-order valence-corrected chi connectivity index (χ0v) is 14.9. The van der Waals surface area contributed by atoms with Crippen LogP contribution in [0.4, 0.5) is 4.39 Å². The van der Waals surface area contributed by atoms with Crippen molar-refractivity contribution in [2.75, 3.05) is 0 Å². The van der Waals surface area contributed by atoms with Crippen molar-refractivity contribution in [3.63, 3.8) is 0 Å². The lowest BCUT2D eigenvalue weighted by Crippen LogP contribution is -2.36. The molecule has 1 heterocycles. The maximum Gasteiger partial charge on any atom is 0.272 e. The topological polar surface area (TPSA) is 64.0 Å². The van der Waals surface area contributed by atoms with Gasteiger partial charge >= 0.3 is 0 Å². The third kappa shape index (κ3) is 3.36. The first-order valence-corrected chi connectivity index (χ1v) is 8.80. The first-order chi connectivity index (χ1) is 13.0. The average Bonchev–Trinajstić information content (AvgIpc) is 3.43. The van der Waals surface area contributed by atoms with Gasteiger partial charge in [-0.25, -0.2) is 4.39 Å². The van der Waals surface area contributed by atoms with E-state index in [0.29, 0.717) is 5.02 Å². The predicted molar refractivity (Wildman–Crippen MR) is 99.6 cm³/mol. The second-order valence-electron chi connectivity index (χ2n) is 6.47. The molecule has 1 aliphatic rings. The van der Waals surface area contributed by atoms with Crippen LogP contribution in [0.2, 0.25) is 5.02 Å². The number of nitrogens with zero attached hydrogens (tertiary/aromatic N) is 2. The standard InChI is InChI=1S/C20H15ClFN3O2/c21-14-5-3-4-13(12-14)20(10-11-20)23-19(27)16-8-9-18(26)25(24-16)17-7-2-1-6-15(17)22/h1-9,12H,10-11H2,(H,23,27). The van der Waals surface area contributed by atoms with Crippen molar-refractivity contribution in [1.29, 1.82) is 0 Å². The molecule has 5 nitrogen and oxygen atoms in total. The molecule has 27 heavy (non-hydrogen) atoms. The first-order valence-electron chi connectivity index (χ1n) is 8.42. The molecular formula is C20H15ClFN3O2. The Morgan fingerprint density at radius 1 is 1.11 bits per heavy atom. The number of benzene rings is 2. The summed E-state index contributed by atoms with van der Waals surface area (Å²) in [4.78, 5) is 24.8. The fraction of sp³-hybridized carbons (Fsp3) is 0.150. The number of hydrogen-bond acceptors (Lipinski definition) is 3. The van der Waals surface area contributed by atoms with E-state index in [1.807, 2.05) is 18.2 Å². The Kier molecular flexibility index (Phi) is 4.28. The molecule has 0 radical (unpaired) electrons. The Hall–Kier alpha value is -2.99. The molecule has 3 aromatic rings. The van der Waals surface area contributed by atoms with Crippen molar-refractivity contribution in [3.8, 4) is 5.69 Å². The highest BCUT2D eigenvalue weighted by molar-refractivity contribution is 6.30. The summed E-state index contributed by atoms with van der Waals surface area (Å²) >= 11 is 6.05. The van der Waals surface area contributed by atoms with E-state index in [4.69, 9.17) is 11.6 Å². The summed E-state index contributed by atoms with van der Waals surface area (Å²) < 4.78 is 14.9. The van der Waals surface area contributed by atoms with Crippen LogP contribution >= 0.6 is 11.6 Å². The molecule has 1 aliphatic carbocycles. The Morgan fingerprint density at radius 3 is 2.59 bits per heavy atom. The Balaban J connectivity index is 1.65. The molecule has 4 rings (SSSR count). The van der Waals surface area contributed by atoms with Gasteiger partial charge in [-0.3, -0.25) is 9.59 Å². The SMILES string of the molecule is O=C(NC1(c2cccc(Cl)c2)CC1)c1ccc(=O)n(-c2ccccc2F)n1. The lowest BCUT2D eigenvalue weighted by molar-refractivity contribution is 0.0924. The fourth-order valence-electron chi connectivity index (χ4n) is 3.01. The Morgan fingerprint density at radius 2 is 1.89 bits per heavy atom. The third-order valence-corrected chi connectivity index (χ3v) is 4.83. The smallest absolute Gasteiger partial charge is 0.272 e. The van der Waals surface area contributed by atoms with Gasteiger partial charge in [-0.1, -0.05) is 35.9 Å². The molecule has 7 heteroatoms. The number of hydrogen-bond donors (Lipinski definition) is 1. The molecule has 0 spiro atoms. The zero-order chi connectivity index (χ0) is 19.0. The number of para-hydroxylation sites is 1. The Bertz CT molecular complexity index is 1090. The highest BCUT2D eigenvalue weighted by Gasteiger charge is 2.46. The number of nitrogens with one attached hydrogen (secondary N) is 1. The normalized spacial score (nSPS) is 14.6. The van der Waals surface area contributed by atoms with E-state index in [2.05, 4.69) is 10.4 Å². The second kappa shape index (κ2) is 6.63. The van der Waals surface area contributed by atoms with E-state index in [-0.39, 0.29) is 11.4 Å². The van der Waals surface area contributed by atoms with Gasteiger partial charge in [0.15, 0.2) is 0 Å². The molecule has 1 aromatic heterocycles. The molecule has 1 amide bonds. The van der Waals surface area contributed by atoms with Crippen molar-refractivity contribution in [1.82, 2.24) is 15.1 Å². The van der Waals surface area contributed by atoms with Crippen LogP contribution in [0, 0.1) is 5.82 Å². The molecule has 1 fully saturated rings. The van der Waals surface area contributed by atoms with Gasteiger partial charge in [0.05, 0.1) is 5.54 Å². The molecule has 1 saturated carbocycles. The minimum Gasteiger partial charge on any atom is -0.341 e. The van der Waals surface area contributed by atoms with Gasteiger partial charge in [0.25, 0.3) is 11.5 Å². The number of amides is 1. The zero-order valence-electron chi connectivity index (χ0n) is 14.2. The van der Waals surface area contributed by atoms with Crippen molar-refractivity contribution >= 4 is 17.5 Å². The number of carbonyl (C=O) groups excluding carboxylic acids is 1. The monoisotopic (exact) mass is 383 g/mol. The predicted octanol–water partition coefficient (Wildman–Crippen LogP) is 3.44. The van der Waals surface area contributed by atoms with Crippen LogP contribution in [-0.4, -0.2) is 15.7 Å². The van der Waals surface area contributed by atoms with E-state index in [9.17, 15) is 14.0 Å². The van der Waals surface area contributed by atoms with Crippen LogP contribution < -0.4 is 10.9 Å². The lowest BCUT2D eigenvalue weighted by Gasteiger charge is -2.18. The van der Waals surface area contributed by atoms with E-state index >= 15 is 0 Å². The fourth-order valence-corrected chi connectivity index (χ4v) is 3.20. The van der Waals surface area contributed by atoms with Gasteiger partial charge in [0, 0.05) is 11.1 Å².